The largest absolute Gasteiger partial charge is 0.308 e. The van der Waals surface area contributed by atoms with Crippen LogP contribution in [0.5, 0.6) is 0 Å². The Morgan fingerprint density at radius 2 is 2.07 bits per heavy atom. The highest BCUT2D eigenvalue weighted by Crippen LogP contribution is 2.36. The van der Waals surface area contributed by atoms with Crippen molar-refractivity contribution in [3.05, 3.63) is 15.6 Å². The Hall–Kier alpha value is -0.410. The number of hydrogen-bond donors (Lipinski definition) is 1. The Bertz CT molecular complexity index is 310. The summed E-state index contributed by atoms with van der Waals surface area (Å²) in [4.78, 5) is 6.37. The number of fused-ring (bicyclic) bond motifs is 1. The third-order valence-corrected chi connectivity index (χ3v) is 5.05. The molecule has 0 saturated carbocycles. The van der Waals surface area contributed by atoms with Crippen molar-refractivity contribution in [1.82, 2.24) is 10.3 Å². The fraction of sp³-hybridized carbons (Fsp3) is 0.750. The summed E-state index contributed by atoms with van der Waals surface area (Å²) in [6.07, 6.45) is 5.98. The topological polar surface area (TPSA) is 24.9 Å². The van der Waals surface area contributed by atoms with Crippen LogP contribution in [-0.2, 0) is 18.4 Å². The highest BCUT2D eigenvalue weighted by atomic mass is 32.1. The molecule has 0 aliphatic heterocycles. The van der Waals surface area contributed by atoms with Gasteiger partial charge in [0.1, 0.15) is 5.01 Å². The number of hydrogen-bond acceptors (Lipinski definition) is 3. The molecule has 3 heteroatoms. The lowest BCUT2D eigenvalue weighted by Gasteiger charge is -2.29. The smallest absolute Gasteiger partial charge is 0.113 e. The van der Waals surface area contributed by atoms with Crippen molar-refractivity contribution in [3.8, 4) is 0 Å². The minimum atomic E-state index is 0.120. The average molecular weight is 224 g/mol. The maximum atomic E-state index is 4.83. The Kier molecular flexibility index (Phi) is 3.12. The molecule has 0 atom stereocenters. The zero-order chi connectivity index (χ0) is 10.9. The molecule has 1 aliphatic rings. The normalized spacial score (nSPS) is 15.7. The first-order chi connectivity index (χ1) is 7.25. The van der Waals surface area contributed by atoms with Gasteiger partial charge in [-0.25, -0.2) is 4.98 Å². The third kappa shape index (κ3) is 1.72. The van der Waals surface area contributed by atoms with Gasteiger partial charge in [-0.2, -0.15) is 0 Å². The molecule has 0 radical (unpaired) electrons. The van der Waals surface area contributed by atoms with Crippen LogP contribution in [0, 0.1) is 0 Å². The average Bonchev–Trinajstić information content (AvgIpc) is 2.82. The molecule has 1 N–H and O–H groups in total. The van der Waals surface area contributed by atoms with Gasteiger partial charge in [-0.1, -0.05) is 13.8 Å². The molecule has 0 unspecified atom stereocenters. The predicted molar refractivity (Wildman–Crippen MR) is 65.5 cm³/mol. The van der Waals surface area contributed by atoms with E-state index in [1.54, 1.807) is 0 Å². The summed E-state index contributed by atoms with van der Waals surface area (Å²) < 4.78 is 0. The molecular weight excluding hydrogens is 204 g/mol. The summed E-state index contributed by atoms with van der Waals surface area (Å²) in [7, 11) is 2.06. The van der Waals surface area contributed by atoms with Gasteiger partial charge in [-0.3, -0.25) is 0 Å². The van der Waals surface area contributed by atoms with Gasteiger partial charge in [0, 0.05) is 4.88 Å². The molecule has 0 saturated heterocycles. The minimum absolute atomic E-state index is 0.120. The second-order valence-corrected chi connectivity index (χ2v) is 5.37. The molecule has 0 spiro atoms. The van der Waals surface area contributed by atoms with Gasteiger partial charge in [0.25, 0.3) is 0 Å². The molecule has 0 bridgehead atoms. The fourth-order valence-corrected chi connectivity index (χ4v) is 3.90. The summed E-state index contributed by atoms with van der Waals surface area (Å²) in [5.41, 5.74) is 1.49. The van der Waals surface area contributed by atoms with Gasteiger partial charge in [-0.15, -0.1) is 11.3 Å². The van der Waals surface area contributed by atoms with Crippen molar-refractivity contribution in [2.45, 2.75) is 51.5 Å². The summed E-state index contributed by atoms with van der Waals surface area (Å²) in [6.45, 7) is 4.49. The van der Waals surface area contributed by atoms with E-state index < -0.39 is 0 Å². The first kappa shape index (κ1) is 11.1. The van der Waals surface area contributed by atoms with Gasteiger partial charge in [0.2, 0.25) is 0 Å². The first-order valence-corrected chi connectivity index (χ1v) is 6.75. The van der Waals surface area contributed by atoms with Gasteiger partial charge in [0.15, 0.2) is 0 Å². The molecule has 1 aromatic heterocycles. The summed E-state index contributed by atoms with van der Waals surface area (Å²) in [5.74, 6) is 0. The lowest BCUT2D eigenvalue weighted by Crippen LogP contribution is -2.38. The molecular formula is C12H20N2S. The fourth-order valence-electron chi connectivity index (χ4n) is 2.41. The maximum Gasteiger partial charge on any atom is 0.113 e. The van der Waals surface area contributed by atoms with E-state index in [0.29, 0.717) is 0 Å². The van der Waals surface area contributed by atoms with Crippen molar-refractivity contribution in [1.29, 1.82) is 0 Å². The predicted octanol–water partition coefficient (Wildman–Crippen LogP) is 2.87. The van der Waals surface area contributed by atoms with Gasteiger partial charge in [0.05, 0.1) is 11.2 Å². The van der Waals surface area contributed by atoms with E-state index >= 15 is 0 Å². The van der Waals surface area contributed by atoms with E-state index in [-0.39, 0.29) is 5.54 Å². The van der Waals surface area contributed by atoms with E-state index in [1.165, 1.54) is 34.8 Å². The molecule has 0 amide bonds. The van der Waals surface area contributed by atoms with Crippen molar-refractivity contribution < 1.29 is 0 Å². The van der Waals surface area contributed by atoms with Crippen LogP contribution in [-0.4, -0.2) is 12.0 Å². The van der Waals surface area contributed by atoms with E-state index in [1.807, 2.05) is 11.3 Å². The number of aromatic nitrogens is 1. The second-order valence-electron chi connectivity index (χ2n) is 4.28. The number of nitrogens with zero attached hydrogens (tertiary/aromatic N) is 1. The maximum absolute atomic E-state index is 4.83. The second kappa shape index (κ2) is 4.22. The molecule has 1 heterocycles. The van der Waals surface area contributed by atoms with Crippen LogP contribution < -0.4 is 5.32 Å². The van der Waals surface area contributed by atoms with Crippen LogP contribution in [0.25, 0.3) is 0 Å². The minimum Gasteiger partial charge on any atom is -0.308 e. The standard InChI is InChI=1S/C12H20N2S/c1-4-12(5-2,13-3)11-14-9-7-6-8-10(9)15-11/h13H,4-8H2,1-3H3. The van der Waals surface area contributed by atoms with E-state index in [9.17, 15) is 0 Å². The van der Waals surface area contributed by atoms with Crippen LogP contribution in [0.15, 0.2) is 0 Å². The van der Waals surface area contributed by atoms with Crippen LogP contribution in [0.4, 0.5) is 0 Å². The summed E-state index contributed by atoms with van der Waals surface area (Å²) in [5, 5.41) is 4.77. The van der Waals surface area contributed by atoms with Crippen LogP contribution in [0.2, 0.25) is 0 Å². The summed E-state index contributed by atoms with van der Waals surface area (Å²) in [6, 6.07) is 0. The van der Waals surface area contributed by atoms with Gasteiger partial charge < -0.3 is 5.32 Å². The quantitative estimate of drug-likeness (QED) is 0.850. The SMILES string of the molecule is CCC(CC)(NC)c1nc2c(s1)CCC2. The molecule has 2 rings (SSSR count). The first-order valence-electron chi connectivity index (χ1n) is 5.93. The van der Waals surface area contributed by atoms with Crippen molar-refractivity contribution in [2.24, 2.45) is 0 Å². The molecule has 2 nitrogen and oxygen atoms in total. The Morgan fingerprint density at radius 3 is 2.60 bits per heavy atom. The number of thiazole rings is 1. The Balaban J connectivity index is 2.34. The third-order valence-electron chi connectivity index (χ3n) is 3.69. The van der Waals surface area contributed by atoms with Crippen molar-refractivity contribution in [3.63, 3.8) is 0 Å². The van der Waals surface area contributed by atoms with Gasteiger partial charge >= 0.3 is 0 Å². The number of nitrogens with one attached hydrogen (secondary N) is 1. The molecule has 1 aromatic rings. The van der Waals surface area contributed by atoms with E-state index in [0.717, 1.165) is 12.8 Å². The Labute approximate surface area is 96.1 Å². The number of rotatable bonds is 4. The number of aryl methyl sites for hydroxylation is 2. The zero-order valence-electron chi connectivity index (χ0n) is 9.89. The van der Waals surface area contributed by atoms with Crippen molar-refractivity contribution in [2.75, 3.05) is 7.05 Å². The molecule has 1 aliphatic carbocycles. The summed E-state index contributed by atoms with van der Waals surface area (Å²) >= 11 is 1.93. The lowest BCUT2D eigenvalue weighted by atomic mass is 9.94. The molecule has 15 heavy (non-hydrogen) atoms. The van der Waals surface area contributed by atoms with Crippen LogP contribution >= 0.6 is 11.3 Å². The van der Waals surface area contributed by atoms with Gasteiger partial charge in [-0.05, 0) is 39.2 Å². The molecule has 0 aromatic carbocycles. The highest BCUT2D eigenvalue weighted by molar-refractivity contribution is 7.12. The highest BCUT2D eigenvalue weighted by Gasteiger charge is 2.31. The molecule has 0 fully saturated rings. The molecule has 84 valence electrons. The lowest BCUT2D eigenvalue weighted by molar-refractivity contribution is 0.332. The van der Waals surface area contributed by atoms with E-state index in [4.69, 9.17) is 4.98 Å². The van der Waals surface area contributed by atoms with Crippen molar-refractivity contribution >= 4 is 11.3 Å². The van der Waals surface area contributed by atoms with Crippen LogP contribution in [0.3, 0.4) is 0 Å². The zero-order valence-corrected chi connectivity index (χ0v) is 10.7. The monoisotopic (exact) mass is 224 g/mol. The van der Waals surface area contributed by atoms with E-state index in [2.05, 4.69) is 26.2 Å². The Morgan fingerprint density at radius 1 is 1.33 bits per heavy atom. The van der Waals surface area contributed by atoms with Crippen LogP contribution in [0.1, 0.15) is 48.7 Å².